The molecule has 1 fully saturated rings. The van der Waals surface area contributed by atoms with Crippen molar-refractivity contribution in [2.24, 2.45) is 0 Å². The van der Waals surface area contributed by atoms with E-state index in [0.717, 1.165) is 37.9 Å². The molecule has 0 spiro atoms. The van der Waals surface area contributed by atoms with Crippen LogP contribution in [-0.2, 0) is 27.3 Å². The number of carbonyl (C=O) groups excluding carboxylic acids is 1. The second-order valence-corrected chi connectivity index (χ2v) is 9.57. The Kier molecular flexibility index (Phi) is 9.15. The lowest BCUT2D eigenvalue weighted by Crippen LogP contribution is -2.42. The summed E-state index contributed by atoms with van der Waals surface area (Å²) in [4.78, 5) is 24.2. The molecule has 11 heteroatoms. The summed E-state index contributed by atoms with van der Waals surface area (Å²) >= 11 is 1.58. The Morgan fingerprint density at radius 2 is 1.81 bits per heavy atom. The third kappa shape index (κ3) is 6.88. The van der Waals surface area contributed by atoms with E-state index in [2.05, 4.69) is 9.97 Å². The number of nitrogens with zero attached hydrogens (tertiary/aromatic N) is 3. The standard InChI is InChI=1S/C26H33N5O5S/c1-3-35-20-12-17(11-18-14-29-26(28)30-25(18)27)13-21(36-4-2)24(20)22-6-5-19(37-22)15-34-16-23(32)31-7-9-33-10-8-31/h5-6,12-14H,3-4,7-11,15-16H2,1-2H3,(H4,27,28,29,30). The first-order valence-electron chi connectivity index (χ1n) is 12.3. The molecule has 1 aliphatic rings. The number of carbonyl (C=O) groups is 1. The molecular weight excluding hydrogens is 494 g/mol. The summed E-state index contributed by atoms with van der Waals surface area (Å²) in [5, 5.41) is 0. The van der Waals surface area contributed by atoms with Gasteiger partial charge in [-0.1, -0.05) is 0 Å². The van der Waals surface area contributed by atoms with Crippen LogP contribution in [0.3, 0.4) is 0 Å². The molecule has 4 rings (SSSR count). The molecule has 37 heavy (non-hydrogen) atoms. The van der Waals surface area contributed by atoms with Gasteiger partial charge in [0, 0.05) is 41.0 Å². The van der Waals surface area contributed by atoms with Gasteiger partial charge in [0.25, 0.3) is 0 Å². The number of morpholine rings is 1. The van der Waals surface area contributed by atoms with Crippen molar-refractivity contribution in [3.63, 3.8) is 0 Å². The highest BCUT2D eigenvalue weighted by molar-refractivity contribution is 7.15. The van der Waals surface area contributed by atoms with Gasteiger partial charge in [-0.25, -0.2) is 4.98 Å². The maximum Gasteiger partial charge on any atom is 0.248 e. The number of rotatable bonds is 11. The third-order valence-electron chi connectivity index (χ3n) is 5.78. The quantitative estimate of drug-likeness (QED) is 0.385. The van der Waals surface area contributed by atoms with Crippen LogP contribution in [0.15, 0.2) is 30.5 Å². The normalized spacial score (nSPS) is 13.5. The summed E-state index contributed by atoms with van der Waals surface area (Å²) in [6.45, 7) is 7.66. The predicted molar refractivity (Wildman–Crippen MR) is 143 cm³/mol. The molecule has 0 unspecified atom stereocenters. The van der Waals surface area contributed by atoms with Gasteiger partial charge in [0.05, 0.1) is 38.6 Å². The molecule has 0 atom stereocenters. The van der Waals surface area contributed by atoms with Crippen LogP contribution >= 0.6 is 11.3 Å². The number of amides is 1. The monoisotopic (exact) mass is 527 g/mol. The molecule has 0 radical (unpaired) electrons. The van der Waals surface area contributed by atoms with Gasteiger partial charge in [-0.3, -0.25) is 4.79 Å². The average Bonchev–Trinajstić information content (AvgIpc) is 3.35. The van der Waals surface area contributed by atoms with Crippen molar-refractivity contribution >= 4 is 29.0 Å². The summed E-state index contributed by atoms with van der Waals surface area (Å²) in [5.74, 6) is 1.91. The van der Waals surface area contributed by atoms with Crippen LogP contribution in [0, 0.1) is 0 Å². The number of anilines is 2. The summed E-state index contributed by atoms with van der Waals surface area (Å²) in [7, 11) is 0. The first-order chi connectivity index (χ1) is 18.0. The molecule has 1 aliphatic heterocycles. The fourth-order valence-electron chi connectivity index (χ4n) is 4.05. The van der Waals surface area contributed by atoms with Crippen molar-refractivity contribution in [1.29, 1.82) is 0 Å². The molecular formula is C26H33N5O5S. The van der Waals surface area contributed by atoms with E-state index in [1.165, 1.54) is 0 Å². The molecule has 4 N–H and O–H groups in total. The lowest BCUT2D eigenvalue weighted by Gasteiger charge is -2.26. The van der Waals surface area contributed by atoms with Crippen LogP contribution in [-0.4, -0.2) is 66.9 Å². The lowest BCUT2D eigenvalue weighted by atomic mass is 10.0. The van der Waals surface area contributed by atoms with Gasteiger partial charge in [-0.15, -0.1) is 11.3 Å². The van der Waals surface area contributed by atoms with Crippen LogP contribution < -0.4 is 20.9 Å². The molecule has 1 saturated heterocycles. The summed E-state index contributed by atoms with van der Waals surface area (Å²) in [6.07, 6.45) is 2.15. The van der Waals surface area contributed by atoms with Crippen LogP contribution in [0.2, 0.25) is 0 Å². The van der Waals surface area contributed by atoms with E-state index in [4.69, 9.17) is 30.4 Å². The smallest absolute Gasteiger partial charge is 0.248 e. The van der Waals surface area contributed by atoms with Crippen molar-refractivity contribution in [3.05, 3.63) is 46.5 Å². The Morgan fingerprint density at radius 1 is 1.11 bits per heavy atom. The number of hydrogen-bond donors (Lipinski definition) is 2. The summed E-state index contributed by atoms with van der Waals surface area (Å²) in [5.41, 5.74) is 14.3. The zero-order chi connectivity index (χ0) is 26.2. The molecule has 1 aromatic carbocycles. The second kappa shape index (κ2) is 12.7. The highest BCUT2D eigenvalue weighted by atomic mass is 32.1. The Hall–Kier alpha value is -3.41. The van der Waals surface area contributed by atoms with Gasteiger partial charge < -0.3 is 35.3 Å². The number of thiophene rings is 1. The molecule has 3 aromatic rings. The molecule has 10 nitrogen and oxygen atoms in total. The van der Waals surface area contributed by atoms with E-state index in [9.17, 15) is 4.79 Å². The number of nitrogens with two attached hydrogens (primary N) is 2. The van der Waals surface area contributed by atoms with Gasteiger partial charge in [-0.05, 0) is 43.7 Å². The van der Waals surface area contributed by atoms with Crippen molar-refractivity contribution < 1.29 is 23.7 Å². The van der Waals surface area contributed by atoms with Crippen LogP contribution in [0.1, 0.15) is 29.9 Å². The van der Waals surface area contributed by atoms with Crippen molar-refractivity contribution in [2.75, 3.05) is 57.6 Å². The number of nitrogen functional groups attached to an aromatic ring is 2. The minimum absolute atomic E-state index is 0.0138. The zero-order valence-electron chi connectivity index (χ0n) is 21.2. The van der Waals surface area contributed by atoms with Crippen LogP contribution in [0.4, 0.5) is 11.8 Å². The van der Waals surface area contributed by atoms with Crippen molar-refractivity contribution in [2.45, 2.75) is 26.9 Å². The fourth-order valence-corrected chi connectivity index (χ4v) is 5.05. The maximum atomic E-state index is 12.3. The Bertz CT molecular complexity index is 1180. The Labute approximate surface area is 220 Å². The number of aromatic nitrogens is 2. The van der Waals surface area contributed by atoms with Gasteiger partial charge in [0.15, 0.2) is 0 Å². The maximum absolute atomic E-state index is 12.3. The second-order valence-electron chi connectivity index (χ2n) is 8.40. The average molecular weight is 528 g/mol. The molecule has 3 heterocycles. The molecule has 2 aromatic heterocycles. The lowest BCUT2D eigenvalue weighted by molar-refractivity contribution is -0.140. The van der Waals surface area contributed by atoms with Crippen molar-refractivity contribution in [3.8, 4) is 21.9 Å². The van der Waals surface area contributed by atoms with E-state index in [-0.39, 0.29) is 18.5 Å². The summed E-state index contributed by atoms with van der Waals surface area (Å²) in [6, 6.07) is 8.02. The summed E-state index contributed by atoms with van der Waals surface area (Å²) < 4.78 is 23.1. The molecule has 1 amide bonds. The van der Waals surface area contributed by atoms with Crippen molar-refractivity contribution in [1.82, 2.24) is 14.9 Å². The first kappa shape index (κ1) is 26.6. The molecule has 198 valence electrons. The van der Waals surface area contributed by atoms with E-state index in [0.29, 0.717) is 58.4 Å². The van der Waals surface area contributed by atoms with Gasteiger partial charge >= 0.3 is 0 Å². The number of ether oxygens (including phenoxy) is 4. The number of hydrogen-bond acceptors (Lipinski definition) is 10. The topological polar surface area (TPSA) is 135 Å². The largest absolute Gasteiger partial charge is 0.493 e. The van der Waals surface area contributed by atoms with E-state index in [1.807, 2.05) is 38.1 Å². The Morgan fingerprint density at radius 3 is 2.46 bits per heavy atom. The third-order valence-corrected chi connectivity index (χ3v) is 6.85. The predicted octanol–water partition coefficient (Wildman–Crippen LogP) is 3.13. The molecule has 0 saturated carbocycles. The van der Waals surface area contributed by atoms with Gasteiger partial charge in [-0.2, -0.15) is 4.98 Å². The van der Waals surface area contributed by atoms with Crippen LogP contribution in [0.25, 0.3) is 10.4 Å². The highest BCUT2D eigenvalue weighted by Gasteiger charge is 2.20. The SMILES string of the molecule is CCOc1cc(Cc2cnc(N)nc2N)cc(OCC)c1-c1ccc(COCC(=O)N2CCOCC2)s1. The fraction of sp³-hybridized carbons (Fsp3) is 0.423. The Balaban J connectivity index is 1.52. The molecule has 0 bridgehead atoms. The first-order valence-corrected chi connectivity index (χ1v) is 13.1. The highest BCUT2D eigenvalue weighted by Crippen LogP contribution is 2.43. The molecule has 0 aliphatic carbocycles. The number of benzene rings is 1. The minimum atomic E-state index is -0.0138. The van der Waals surface area contributed by atoms with E-state index in [1.54, 1.807) is 22.4 Å². The van der Waals surface area contributed by atoms with E-state index < -0.39 is 0 Å². The van der Waals surface area contributed by atoms with Crippen LogP contribution in [0.5, 0.6) is 11.5 Å². The van der Waals surface area contributed by atoms with Gasteiger partial charge in [0.1, 0.15) is 23.9 Å². The van der Waals surface area contributed by atoms with Gasteiger partial charge in [0.2, 0.25) is 11.9 Å². The minimum Gasteiger partial charge on any atom is -0.493 e. The van der Waals surface area contributed by atoms with E-state index >= 15 is 0 Å². The zero-order valence-corrected chi connectivity index (χ0v) is 22.0.